The van der Waals surface area contributed by atoms with Crippen molar-refractivity contribution in [2.45, 2.75) is 59.0 Å². The number of hydrogen-bond acceptors (Lipinski definition) is 6. The van der Waals surface area contributed by atoms with Crippen molar-refractivity contribution in [3.63, 3.8) is 0 Å². The van der Waals surface area contributed by atoms with Gasteiger partial charge in [0.15, 0.2) is 0 Å². The number of benzene rings is 1. The van der Waals surface area contributed by atoms with Crippen LogP contribution in [0.5, 0.6) is 0 Å². The zero-order valence-corrected chi connectivity index (χ0v) is 23.6. The van der Waals surface area contributed by atoms with Crippen molar-refractivity contribution < 1.29 is 14.7 Å². The molecule has 2 N–H and O–H groups in total. The Balaban J connectivity index is 1.97. The Hall–Kier alpha value is -3.85. The van der Waals surface area contributed by atoms with Gasteiger partial charge in [-0.15, -0.1) is 0 Å². The van der Waals surface area contributed by atoms with Crippen LogP contribution in [0.3, 0.4) is 0 Å². The van der Waals surface area contributed by atoms with Crippen LogP contribution in [0.25, 0.3) is 11.1 Å². The molecule has 0 saturated heterocycles. The van der Waals surface area contributed by atoms with Gasteiger partial charge in [0.1, 0.15) is 6.04 Å². The van der Waals surface area contributed by atoms with E-state index in [4.69, 9.17) is 0 Å². The number of hydrogen-bond donors (Lipinski definition) is 2. The number of amides is 1. The van der Waals surface area contributed by atoms with E-state index in [1.54, 1.807) is 18.6 Å². The van der Waals surface area contributed by atoms with Gasteiger partial charge in [-0.1, -0.05) is 32.0 Å². The number of carboxylic acids is 1. The molecule has 0 aliphatic carbocycles. The average molecular weight is 534 g/mol. The van der Waals surface area contributed by atoms with Gasteiger partial charge < -0.3 is 15.3 Å². The standard InChI is InChI=1S/C30H39N5O4/c1-19(2)12-26(35-18-24(10-11-34(5)6)32-17-27(35)36)30(39)33-25(14-28(37)38)22-13-23(16-31-15-22)29-20(3)8-7-9-21(29)4/h7-9,13,15-19,25-26H,10-12,14H2,1-6H3,(H,33,39)(H,37,38)/t25-,26-/m0/s1. The molecule has 0 fully saturated rings. The van der Waals surface area contributed by atoms with Gasteiger partial charge in [0.2, 0.25) is 5.91 Å². The molecule has 2 atom stereocenters. The van der Waals surface area contributed by atoms with Crippen LogP contribution in [0.15, 0.2) is 53.8 Å². The Kier molecular flexibility index (Phi) is 10.1. The summed E-state index contributed by atoms with van der Waals surface area (Å²) >= 11 is 0. The smallest absolute Gasteiger partial charge is 0.305 e. The highest BCUT2D eigenvalue weighted by Crippen LogP contribution is 2.29. The highest BCUT2D eigenvalue weighted by atomic mass is 16.4. The van der Waals surface area contributed by atoms with E-state index in [0.29, 0.717) is 24.1 Å². The van der Waals surface area contributed by atoms with E-state index in [-0.39, 0.29) is 17.9 Å². The molecule has 0 spiro atoms. The van der Waals surface area contributed by atoms with Crippen LogP contribution >= 0.6 is 0 Å². The molecule has 39 heavy (non-hydrogen) atoms. The van der Waals surface area contributed by atoms with Crippen LogP contribution in [-0.2, 0) is 16.0 Å². The third-order valence-corrected chi connectivity index (χ3v) is 6.66. The summed E-state index contributed by atoms with van der Waals surface area (Å²) in [6.07, 6.45) is 6.93. The summed E-state index contributed by atoms with van der Waals surface area (Å²) in [7, 11) is 3.91. The molecule has 0 bridgehead atoms. The van der Waals surface area contributed by atoms with Crippen molar-refractivity contribution in [3.8, 4) is 11.1 Å². The fourth-order valence-corrected chi connectivity index (χ4v) is 4.72. The topological polar surface area (TPSA) is 117 Å². The van der Waals surface area contributed by atoms with Crippen LogP contribution in [0.2, 0.25) is 0 Å². The number of nitrogens with one attached hydrogen (secondary N) is 1. The first-order chi connectivity index (χ1) is 18.5. The third-order valence-electron chi connectivity index (χ3n) is 6.66. The maximum atomic E-state index is 13.7. The molecule has 1 aromatic carbocycles. The molecule has 9 heteroatoms. The first-order valence-corrected chi connectivity index (χ1v) is 13.2. The minimum atomic E-state index is -1.05. The summed E-state index contributed by atoms with van der Waals surface area (Å²) in [5.74, 6) is -1.36. The molecule has 1 amide bonds. The van der Waals surface area contributed by atoms with Gasteiger partial charge in [-0.25, -0.2) is 0 Å². The molecule has 0 aliphatic rings. The van der Waals surface area contributed by atoms with Crippen LogP contribution in [0, 0.1) is 19.8 Å². The number of rotatable bonds is 12. The second kappa shape index (κ2) is 13.3. The predicted octanol–water partition coefficient (Wildman–Crippen LogP) is 3.95. The summed E-state index contributed by atoms with van der Waals surface area (Å²) in [5.41, 5.74) is 4.94. The van der Waals surface area contributed by atoms with Crippen molar-refractivity contribution in [2.24, 2.45) is 5.92 Å². The van der Waals surface area contributed by atoms with Crippen molar-refractivity contribution in [2.75, 3.05) is 20.6 Å². The Morgan fingerprint density at radius 2 is 1.79 bits per heavy atom. The van der Waals surface area contributed by atoms with Gasteiger partial charge in [-0.2, -0.15) is 0 Å². The van der Waals surface area contributed by atoms with Gasteiger partial charge in [0, 0.05) is 37.1 Å². The first kappa shape index (κ1) is 29.7. The van der Waals surface area contributed by atoms with Gasteiger partial charge >= 0.3 is 5.97 Å². The number of likely N-dealkylation sites (N-methyl/N-ethyl adjacent to an activating group) is 1. The van der Waals surface area contributed by atoms with E-state index < -0.39 is 24.0 Å². The van der Waals surface area contributed by atoms with Crippen LogP contribution in [0.4, 0.5) is 0 Å². The monoisotopic (exact) mass is 533 g/mol. The number of pyridine rings is 1. The second-order valence-corrected chi connectivity index (χ2v) is 10.8. The first-order valence-electron chi connectivity index (χ1n) is 13.2. The van der Waals surface area contributed by atoms with E-state index in [1.807, 2.05) is 71.0 Å². The zero-order valence-electron chi connectivity index (χ0n) is 23.6. The van der Waals surface area contributed by atoms with Crippen molar-refractivity contribution in [1.82, 2.24) is 24.8 Å². The van der Waals surface area contributed by atoms with E-state index >= 15 is 0 Å². The number of carbonyl (C=O) groups excluding carboxylic acids is 1. The summed E-state index contributed by atoms with van der Waals surface area (Å²) < 4.78 is 1.43. The third kappa shape index (κ3) is 8.07. The predicted molar refractivity (Wildman–Crippen MR) is 152 cm³/mol. The highest BCUT2D eigenvalue weighted by Gasteiger charge is 2.27. The summed E-state index contributed by atoms with van der Waals surface area (Å²) in [4.78, 5) is 49.1. The number of aryl methyl sites for hydroxylation is 2. The molecular formula is C30H39N5O4. The fraction of sp³-hybridized carbons (Fsp3) is 0.433. The number of carbonyl (C=O) groups is 2. The molecule has 0 saturated carbocycles. The molecule has 3 rings (SSSR count). The van der Waals surface area contributed by atoms with Gasteiger partial charge in [-0.3, -0.25) is 28.9 Å². The molecular weight excluding hydrogens is 494 g/mol. The molecule has 0 aliphatic heterocycles. The number of aromatic nitrogens is 3. The quantitative estimate of drug-likeness (QED) is 0.362. The number of nitrogens with zero attached hydrogens (tertiary/aromatic N) is 4. The molecule has 0 unspecified atom stereocenters. The van der Waals surface area contributed by atoms with Crippen molar-refractivity contribution >= 4 is 11.9 Å². The zero-order chi connectivity index (χ0) is 28.7. The maximum Gasteiger partial charge on any atom is 0.305 e. The molecule has 2 heterocycles. The van der Waals surface area contributed by atoms with Crippen LogP contribution in [-0.4, -0.2) is 57.1 Å². The Bertz CT molecular complexity index is 1350. The number of aliphatic carboxylic acids is 1. The molecule has 2 aromatic heterocycles. The van der Waals surface area contributed by atoms with E-state index in [1.165, 1.54) is 10.8 Å². The Labute approximate surface area is 229 Å². The van der Waals surface area contributed by atoms with E-state index in [0.717, 1.165) is 28.8 Å². The summed E-state index contributed by atoms with van der Waals surface area (Å²) in [5, 5.41) is 12.6. The molecule has 208 valence electrons. The second-order valence-electron chi connectivity index (χ2n) is 10.8. The lowest BCUT2D eigenvalue weighted by Gasteiger charge is -2.25. The fourth-order valence-electron chi connectivity index (χ4n) is 4.72. The van der Waals surface area contributed by atoms with Gasteiger partial charge in [-0.05, 0) is 68.6 Å². The lowest BCUT2D eigenvalue weighted by Crippen LogP contribution is -2.40. The van der Waals surface area contributed by atoms with Crippen LogP contribution in [0.1, 0.15) is 61.2 Å². The van der Waals surface area contributed by atoms with Crippen LogP contribution < -0.4 is 10.9 Å². The minimum absolute atomic E-state index is 0.109. The van der Waals surface area contributed by atoms with Crippen molar-refractivity contribution in [1.29, 1.82) is 0 Å². The van der Waals surface area contributed by atoms with E-state index in [2.05, 4.69) is 15.3 Å². The maximum absolute atomic E-state index is 13.7. The Morgan fingerprint density at radius 3 is 2.41 bits per heavy atom. The Morgan fingerprint density at radius 1 is 1.10 bits per heavy atom. The normalized spacial score (nSPS) is 12.9. The number of carboxylic acid groups (broad SMARTS) is 1. The molecule has 3 aromatic rings. The van der Waals surface area contributed by atoms with Crippen molar-refractivity contribution in [3.05, 3.63) is 81.8 Å². The minimum Gasteiger partial charge on any atom is -0.481 e. The largest absolute Gasteiger partial charge is 0.481 e. The van der Waals surface area contributed by atoms with Gasteiger partial charge in [0.25, 0.3) is 5.56 Å². The lowest BCUT2D eigenvalue weighted by molar-refractivity contribution is -0.138. The average Bonchev–Trinajstić information content (AvgIpc) is 2.86. The summed E-state index contributed by atoms with van der Waals surface area (Å²) in [6, 6.07) is 6.26. The van der Waals surface area contributed by atoms with E-state index in [9.17, 15) is 19.5 Å². The summed E-state index contributed by atoms with van der Waals surface area (Å²) in [6.45, 7) is 8.73. The highest BCUT2D eigenvalue weighted by molar-refractivity contribution is 5.82. The lowest BCUT2D eigenvalue weighted by atomic mass is 9.94. The molecule has 0 radical (unpaired) electrons. The molecule has 9 nitrogen and oxygen atoms in total. The van der Waals surface area contributed by atoms with Gasteiger partial charge in [0.05, 0.1) is 24.4 Å². The SMILES string of the molecule is Cc1cccc(C)c1-c1cncc([C@H](CC(=O)O)NC(=O)[C@H](CC(C)C)n2cc(CCN(C)C)ncc2=O)c1.